The zero-order chi connectivity index (χ0) is 21.5. The van der Waals surface area contributed by atoms with E-state index in [4.69, 9.17) is 9.47 Å². The van der Waals surface area contributed by atoms with Crippen LogP contribution in [0.5, 0.6) is 5.75 Å². The van der Waals surface area contributed by atoms with Crippen molar-refractivity contribution < 1.29 is 19.1 Å². The molecule has 7 heteroatoms. The Hall–Kier alpha value is -3.87. The van der Waals surface area contributed by atoms with E-state index in [1.807, 2.05) is 56.3 Å². The molecule has 1 aromatic heterocycles. The third-order valence-corrected chi connectivity index (χ3v) is 4.43. The SMILES string of the molecule is COc1ccc(/C=C/C(=O)OCC(=O)Nc2c(C)nn(-c3ccccc3)c2C)cc1. The number of benzene rings is 2. The molecule has 0 radical (unpaired) electrons. The molecule has 0 aliphatic carbocycles. The molecule has 0 atom stereocenters. The van der Waals surface area contributed by atoms with Crippen LogP contribution < -0.4 is 10.1 Å². The van der Waals surface area contributed by atoms with Crippen LogP contribution in [0.2, 0.25) is 0 Å². The van der Waals surface area contributed by atoms with Crippen LogP contribution in [0.4, 0.5) is 5.69 Å². The van der Waals surface area contributed by atoms with Crippen LogP contribution in [0, 0.1) is 13.8 Å². The molecule has 0 saturated carbocycles. The van der Waals surface area contributed by atoms with E-state index in [0.29, 0.717) is 11.4 Å². The van der Waals surface area contributed by atoms with Gasteiger partial charge in [-0.15, -0.1) is 0 Å². The third-order valence-electron chi connectivity index (χ3n) is 4.43. The molecule has 1 amide bonds. The average Bonchev–Trinajstić information content (AvgIpc) is 3.05. The fourth-order valence-electron chi connectivity index (χ4n) is 2.88. The number of methoxy groups -OCH3 is 1. The summed E-state index contributed by atoms with van der Waals surface area (Å²) in [5.41, 5.74) is 3.78. The Balaban J connectivity index is 1.56. The van der Waals surface area contributed by atoms with Gasteiger partial charge in [0.1, 0.15) is 5.75 Å². The molecule has 0 unspecified atom stereocenters. The molecule has 2 aromatic carbocycles. The van der Waals surface area contributed by atoms with Crippen LogP contribution in [-0.2, 0) is 14.3 Å². The van der Waals surface area contributed by atoms with E-state index in [1.54, 1.807) is 30.0 Å². The molecule has 154 valence electrons. The molecule has 0 aliphatic rings. The van der Waals surface area contributed by atoms with Gasteiger partial charge in [0.2, 0.25) is 0 Å². The highest BCUT2D eigenvalue weighted by Gasteiger charge is 2.15. The van der Waals surface area contributed by atoms with Crippen molar-refractivity contribution in [3.63, 3.8) is 0 Å². The number of aryl methyl sites for hydroxylation is 1. The topological polar surface area (TPSA) is 82.4 Å². The molecule has 0 saturated heterocycles. The zero-order valence-electron chi connectivity index (χ0n) is 17.1. The van der Waals surface area contributed by atoms with Crippen LogP contribution >= 0.6 is 0 Å². The summed E-state index contributed by atoms with van der Waals surface area (Å²) >= 11 is 0. The second-order valence-electron chi connectivity index (χ2n) is 6.56. The number of rotatable bonds is 7. The highest BCUT2D eigenvalue weighted by atomic mass is 16.5. The summed E-state index contributed by atoms with van der Waals surface area (Å²) in [6.07, 6.45) is 2.89. The number of nitrogens with one attached hydrogen (secondary N) is 1. The van der Waals surface area contributed by atoms with Crippen LogP contribution in [0.15, 0.2) is 60.7 Å². The first-order chi connectivity index (χ1) is 14.5. The van der Waals surface area contributed by atoms with E-state index >= 15 is 0 Å². The molecular formula is C23H23N3O4. The molecule has 7 nitrogen and oxygen atoms in total. The van der Waals surface area contributed by atoms with Crippen molar-refractivity contribution in [3.8, 4) is 11.4 Å². The summed E-state index contributed by atoms with van der Waals surface area (Å²) < 4.78 is 11.9. The van der Waals surface area contributed by atoms with Crippen LogP contribution in [0.1, 0.15) is 17.0 Å². The lowest BCUT2D eigenvalue weighted by molar-refractivity contribution is -0.142. The lowest BCUT2D eigenvalue weighted by Crippen LogP contribution is -2.20. The third kappa shape index (κ3) is 5.14. The summed E-state index contributed by atoms with van der Waals surface area (Å²) in [6, 6.07) is 16.8. The Bertz CT molecular complexity index is 1050. The second kappa shape index (κ2) is 9.56. The number of esters is 1. The normalized spacial score (nSPS) is 10.8. The number of nitrogens with zero attached hydrogens (tertiary/aromatic N) is 2. The van der Waals surface area contributed by atoms with Crippen molar-refractivity contribution in [2.45, 2.75) is 13.8 Å². The Morgan fingerprint density at radius 1 is 1.07 bits per heavy atom. The van der Waals surface area contributed by atoms with Gasteiger partial charge in [0.05, 0.1) is 29.9 Å². The molecule has 1 N–H and O–H groups in total. The van der Waals surface area contributed by atoms with Gasteiger partial charge in [0.25, 0.3) is 5.91 Å². The van der Waals surface area contributed by atoms with Gasteiger partial charge in [0, 0.05) is 6.08 Å². The van der Waals surface area contributed by atoms with Crippen LogP contribution in [-0.4, -0.2) is 35.4 Å². The van der Waals surface area contributed by atoms with Gasteiger partial charge in [-0.25, -0.2) is 9.48 Å². The van der Waals surface area contributed by atoms with Gasteiger partial charge < -0.3 is 14.8 Å². The fraction of sp³-hybridized carbons (Fsp3) is 0.174. The number of aromatic nitrogens is 2. The summed E-state index contributed by atoms with van der Waals surface area (Å²) in [4.78, 5) is 24.1. The predicted molar refractivity (Wildman–Crippen MR) is 115 cm³/mol. The molecule has 0 bridgehead atoms. The van der Waals surface area contributed by atoms with E-state index in [1.165, 1.54) is 6.08 Å². The fourth-order valence-corrected chi connectivity index (χ4v) is 2.88. The zero-order valence-corrected chi connectivity index (χ0v) is 17.1. The largest absolute Gasteiger partial charge is 0.497 e. The van der Waals surface area contributed by atoms with Gasteiger partial charge >= 0.3 is 5.97 Å². The maximum atomic E-state index is 12.2. The summed E-state index contributed by atoms with van der Waals surface area (Å²) in [5, 5.41) is 7.25. The van der Waals surface area contributed by atoms with Gasteiger partial charge in [-0.1, -0.05) is 30.3 Å². The monoisotopic (exact) mass is 405 g/mol. The Morgan fingerprint density at radius 2 is 1.77 bits per heavy atom. The van der Waals surface area contributed by atoms with Crippen molar-refractivity contribution in [1.82, 2.24) is 9.78 Å². The molecule has 30 heavy (non-hydrogen) atoms. The van der Waals surface area contributed by atoms with E-state index in [0.717, 1.165) is 22.7 Å². The number of hydrogen-bond acceptors (Lipinski definition) is 5. The number of para-hydroxylation sites is 1. The molecule has 1 heterocycles. The van der Waals surface area contributed by atoms with Crippen molar-refractivity contribution in [2.75, 3.05) is 19.0 Å². The Kier molecular flexibility index (Phi) is 6.64. The maximum Gasteiger partial charge on any atom is 0.331 e. The van der Waals surface area contributed by atoms with Crippen molar-refractivity contribution in [2.24, 2.45) is 0 Å². The maximum absolute atomic E-state index is 12.2. The van der Waals surface area contributed by atoms with E-state index in [9.17, 15) is 9.59 Å². The molecule has 0 fully saturated rings. The lowest BCUT2D eigenvalue weighted by atomic mass is 10.2. The minimum Gasteiger partial charge on any atom is -0.497 e. The first-order valence-corrected chi connectivity index (χ1v) is 9.38. The van der Waals surface area contributed by atoms with E-state index in [2.05, 4.69) is 10.4 Å². The Labute approximate surface area is 174 Å². The molecule has 0 spiro atoms. The van der Waals surface area contributed by atoms with Gasteiger partial charge in [-0.3, -0.25) is 4.79 Å². The van der Waals surface area contributed by atoms with E-state index < -0.39 is 11.9 Å². The number of ether oxygens (including phenoxy) is 2. The average molecular weight is 405 g/mol. The number of amides is 1. The number of hydrogen-bond donors (Lipinski definition) is 1. The van der Waals surface area contributed by atoms with Crippen LogP contribution in [0.25, 0.3) is 11.8 Å². The number of carbonyl (C=O) groups is 2. The summed E-state index contributed by atoms with van der Waals surface area (Å²) in [7, 11) is 1.59. The van der Waals surface area contributed by atoms with Crippen molar-refractivity contribution in [3.05, 3.63) is 77.6 Å². The first kappa shape index (κ1) is 20.9. The first-order valence-electron chi connectivity index (χ1n) is 9.38. The molecule has 0 aliphatic heterocycles. The van der Waals surface area contributed by atoms with E-state index in [-0.39, 0.29) is 6.61 Å². The minimum absolute atomic E-state index is 0.388. The quantitative estimate of drug-likeness (QED) is 0.479. The molecule has 3 rings (SSSR count). The van der Waals surface area contributed by atoms with Crippen molar-refractivity contribution >= 4 is 23.6 Å². The second-order valence-corrected chi connectivity index (χ2v) is 6.56. The van der Waals surface area contributed by atoms with Gasteiger partial charge in [-0.2, -0.15) is 5.10 Å². The van der Waals surface area contributed by atoms with Crippen LogP contribution in [0.3, 0.4) is 0 Å². The standard InChI is InChI=1S/C23H23N3O4/c1-16-23(17(2)26(25-16)19-7-5-4-6-8-19)24-21(27)15-30-22(28)14-11-18-9-12-20(29-3)13-10-18/h4-14H,15H2,1-3H3,(H,24,27)/b14-11+. The van der Waals surface area contributed by atoms with Crippen molar-refractivity contribution in [1.29, 1.82) is 0 Å². The van der Waals surface area contributed by atoms with Gasteiger partial charge in [0.15, 0.2) is 6.61 Å². The predicted octanol–water partition coefficient (Wildman–Crippen LogP) is 3.69. The highest BCUT2D eigenvalue weighted by Crippen LogP contribution is 2.22. The Morgan fingerprint density at radius 3 is 2.43 bits per heavy atom. The molecule has 3 aromatic rings. The smallest absolute Gasteiger partial charge is 0.331 e. The highest BCUT2D eigenvalue weighted by molar-refractivity contribution is 5.95. The lowest BCUT2D eigenvalue weighted by Gasteiger charge is -2.07. The summed E-state index contributed by atoms with van der Waals surface area (Å²) in [5.74, 6) is -0.304. The summed E-state index contributed by atoms with van der Waals surface area (Å²) in [6.45, 7) is 3.29. The molecular weight excluding hydrogens is 382 g/mol. The van der Waals surface area contributed by atoms with Gasteiger partial charge in [-0.05, 0) is 49.8 Å². The number of anilines is 1. The minimum atomic E-state index is -0.602. The number of carbonyl (C=O) groups excluding carboxylic acids is 2.